The first-order chi connectivity index (χ1) is 16.0. The number of allylic oxidation sites excluding steroid dienone is 2. The fraction of sp³-hybridized carbons (Fsp3) is 0.233. The molecule has 33 heavy (non-hydrogen) atoms. The fourth-order valence-electron chi connectivity index (χ4n) is 3.06. The average Bonchev–Trinajstić information content (AvgIpc) is 3.70. The SMILES string of the molecule is CC.Cc1cc(/C=C/C(=N)c2ccccc2C)ccn1.O=C(/C=C\c1ccccc1)C1CC1. The van der Waals surface area contributed by atoms with Crippen LogP contribution < -0.4 is 0 Å². The molecule has 1 N–H and O–H groups in total. The summed E-state index contributed by atoms with van der Waals surface area (Å²) >= 11 is 0. The summed E-state index contributed by atoms with van der Waals surface area (Å²) in [6.07, 6.45) is 11.3. The number of carbonyl (C=O) groups is 1. The van der Waals surface area contributed by atoms with E-state index in [-0.39, 0.29) is 5.78 Å². The molecule has 0 radical (unpaired) electrons. The molecule has 1 aliphatic rings. The Balaban J connectivity index is 0.000000227. The zero-order valence-electron chi connectivity index (χ0n) is 20.1. The lowest BCUT2D eigenvalue weighted by atomic mass is 10.0. The van der Waals surface area contributed by atoms with E-state index >= 15 is 0 Å². The van der Waals surface area contributed by atoms with E-state index in [4.69, 9.17) is 5.41 Å². The van der Waals surface area contributed by atoms with E-state index in [1.807, 2.05) is 113 Å². The second kappa shape index (κ2) is 13.7. The highest BCUT2D eigenvalue weighted by atomic mass is 16.1. The van der Waals surface area contributed by atoms with Crippen LogP contribution in [-0.4, -0.2) is 16.5 Å². The number of aryl methyl sites for hydroxylation is 2. The van der Waals surface area contributed by atoms with Crippen molar-refractivity contribution in [3.63, 3.8) is 0 Å². The summed E-state index contributed by atoms with van der Waals surface area (Å²) in [5, 5.41) is 8.07. The molecule has 0 amide bonds. The minimum Gasteiger partial charge on any atom is -0.300 e. The third-order valence-electron chi connectivity index (χ3n) is 5.02. The van der Waals surface area contributed by atoms with Gasteiger partial charge in [-0.25, -0.2) is 0 Å². The number of hydrogen-bond donors (Lipinski definition) is 1. The summed E-state index contributed by atoms with van der Waals surface area (Å²) in [5.41, 5.74) is 5.78. The van der Waals surface area contributed by atoms with Crippen molar-refractivity contribution in [2.75, 3.05) is 0 Å². The Morgan fingerprint density at radius 2 is 1.52 bits per heavy atom. The number of pyridine rings is 1. The Bertz CT molecular complexity index is 1090. The molecule has 1 aromatic heterocycles. The van der Waals surface area contributed by atoms with Crippen LogP contribution in [0, 0.1) is 25.2 Å². The van der Waals surface area contributed by atoms with Gasteiger partial charge in [0.2, 0.25) is 0 Å². The topological polar surface area (TPSA) is 53.8 Å². The summed E-state index contributed by atoms with van der Waals surface area (Å²) in [5.74, 6) is 0.615. The Morgan fingerprint density at radius 3 is 2.15 bits per heavy atom. The molecule has 170 valence electrons. The number of hydrogen-bond acceptors (Lipinski definition) is 3. The van der Waals surface area contributed by atoms with Crippen LogP contribution in [0.25, 0.3) is 12.2 Å². The van der Waals surface area contributed by atoms with Crippen molar-refractivity contribution in [2.45, 2.75) is 40.5 Å². The summed E-state index contributed by atoms with van der Waals surface area (Å²) < 4.78 is 0. The number of rotatable bonds is 6. The summed E-state index contributed by atoms with van der Waals surface area (Å²) in [4.78, 5) is 15.4. The largest absolute Gasteiger partial charge is 0.300 e. The second-order valence-electron chi connectivity index (χ2n) is 7.71. The van der Waals surface area contributed by atoms with Gasteiger partial charge in [0.05, 0.1) is 5.71 Å². The van der Waals surface area contributed by atoms with E-state index in [0.29, 0.717) is 11.6 Å². The molecule has 1 aliphatic carbocycles. The molecule has 1 saturated carbocycles. The molecule has 1 heterocycles. The molecule has 0 bridgehead atoms. The van der Waals surface area contributed by atoms with Gasteiger partial charge in [0.25, 0.3) is 0 Å². The molecular formula is C30H34N2O. The van der Waals surface area contributed by atoms with Gasteiger partial charge in [0.15, 0.2) is 5.78 Å². The molecule has 3 nitrogen and oxygen atoms in total. The zero-order chi connectivity index (χ0) is 24.1. The monoisotopic (exact) mass is 438 g/mol. The van der Waals surface area contributed by atoms with Gasteiger partial charge in [0.1, 0.15) is 0 Å². The highest BCUT2D eigenvalue weighted by Crippen LogP contribution is 2.30. The van der Waals surface area contributed by atoms with Crippen molar-refractivity contribution < 1.29 is 4.79 Å². The van der Waals surface area contributed by atoms with Crippen LogP contribution >= 0.6 is 0 Å². The van der Waals surface area contributed by atoms with Gasteiger partial charge in [-0.05, 0) is 67.7 Å². The van der Waals surface area contributed by atoms with E-state index in [1.165, 1.54) is 0 Å². The van der Waals surface area contributed by atoms with Crippen molar-refractivity contribution in [3.8, 4) is 0 Å². The third-order valence-corrected chi connectivity index (χ3v) is 5.02. The van der Waals surface area contributed by atoms with Crippen LogP contribution in [-0.2, 0) is 4.79 Å². The van der Waals surface area contributed by atoms with Crippen LogP contribution in [0.4, 0.5) is 0 Å². The smallest absolute Gasteiger partial charge is 0.158 e. The van der Waals surface area contributed by atoms with Gasteiger partial charge in [-0.3, -0.25) is 9.78 Å². The Labute approximate surface area is 198 Å². The fourth-order valence-corrected chi connectivity index (χ4v) is 3.06. The normalized spacial score (nSPS) is 12.5. The molecule has 0 saturated heterocycles. The average molecular weight is 439 g/mol. The number of aromatic nitrogens is 1. The highest BCUT2D eigenvalue weighted by molar-refractivity contribution is 6.09. The second-order valence-corrected chi connectivity index (χ2v) is 7.71. The lowest BCUT2D eigenvalue weighted by Crippen LogP contribution is -1.97. The number of benzene rings is 2. The van der Waals surface area contributed by atoms with Gasteiger partial charge >= 0.3 is 0 Å². The van der Waals surface area contributed by atoms with E-state index in [1.54, 1.807) is 12.3 Å². The molecule has 3 aromatic rings. The van der Waals surface area contributed by atoms with Crippen LogP contribution in [0.15, 0.2) is 85.1 Å². The van der Waals surface area contributed by atoms with Crippen molar-refractivity contribution in [1.82, 2.24) is 4.98 Å². The van der Waals surface area contributed by atoms with Gasteiger partial charge in [-0.1, -0.05) is 80.6 Å². The minimum atomic E-state index is 0.281. The first-order valence-corrected chi connectivity index (χ1v) is 11.5. The van der Waals surface area contributed by atoms with Gasteiger partial charge in [-0.15, -0.1) is 0 Å². The molecule has 0 atom stereocenters. The molecule has 3 heteroatoms. The van der Waals surface area contributed by atoms with Gasteiger partial charge < -0.3 is 5.41 Å². The van der Waals surface area contributed by atoms with E-state index in [0.717, 1.165) is 40.8 Å². The van der Waals surface area contributed by atoms with Crippen molar-refractivity contribution in [3.05, 3.63) is 113 Å². The maximum atomic E-state index is 11.3. The van der Waals surface area contributed by atoms with Crippen molar-refractivity contribution in [1.29, 1.82) is 5.41 Å². The Morgan fingerprint density at radius 1 is 0.879 bits per heavy atom. The highest BCUT2D eigenvalue weighted by Gasteiger charge is 2.27. The molecule has 1 fully saturated rings. The van der Waals surface area contributed by atoms with Gasteiger partial charge in [0, 0.05) is 23.4 Å². The zero-order valence-corrected chi connectivity index (χ0v) is 20.1. The predicted molar refractivity (Wildman–Crippen MR) is 141 cm³/mol. The van der Waals surface area contributed by atoms with Crippen LogP contribution in [0.3, 0.4) is 0 Å². The van der Waals surface area contributed by atoms with Gasteiger partial charge in [-0.2, -0.15) is 0 Å². The van der Waals surface area contributed by atoms with Crippen LogP contribution in [0.1, 0.15) is 54.6 Å². The first kappa shape index (κ1) is 25.7. The summed E-state index contributed by atoms with van der Waals surface area (Å²) in [7, 11) is 0. The van der Waals surface area contributed by atoms with E-state index in [9.17, 15) is 4.79 Å². The van der Waals surface area contributed by atoms with Crippen LogP contribution in [0.2, 0.25) is 0 Å². The summed E-state index contributed by atoms with van der Waals surface area (Å²) in [6.45, 7) is 7.98. The van der Waals surface area contributed by atoms with E-state index in [2.05, 4.69) is 4.98 Å². The quantitative estimate of drug-likeness (QED) is 0.320. The maximum Gasteiger partial charge on any atom is 0.158 e. The van der Waals surface area contributed by atoms with E-state index < -0.39 is 0 Å². The summed E-state index contributed by atoms with van der Waals surface area (Å²) in [6, 6.07) is 21.8. The molecule has 4 rings (SSSR count). The number of ketones is 1. The minimum absolute atomic E-state index is 0.281. The Kier molecular flexibility index (Phi) is 10.7. The molecule has 0 aliphatic heterocycles. The number of nitrogens with zero attached hydrogens (tertiary/aromatic N) is 1. The van der Waals surface area contributed by atoms with Crippen LogP contribution in [0.5, 0.6) is 0 Å². The number of carbonyl (C=O) groups excluding carboxylic acids is 1. The molecule has 2 aromatic carbocycles. The standard InChI is InChI=1S/C16H16N2.C12H12O.C2H6/c1-12-5-3-4-6-15(12)16(17)8-7-14-9-10-18-13(2)11-14;13-12(11-7-8-11)9-6-10-4-2-1-3-5-10;1-2/h3-11,17H,1-2H3;1-6,9,11H,7-8H2;1-2H3/b8-7+,17-16?;9-6-;. The first-order valence-electron chi connectivity index (χ1n) is 11.5. The number of nitrogens with one attached hydrogen (secondary N) is 1. The molecule has 0 spiro atoms. The third kappa shape index (κ3) is 9.20. The predicted octanol–water partition coefficient (Wildman–Crippen LogP) is 7.48. The lowest BCUT2D eigenvalue weighted by Gasteiger charge is -2.03. The maximum absolute atomic E-state index is 11.3. The molecule has 0 unspecified atom stereocenters. The Hall–Kier alpha value is -3.59. The lowest BCUT2D eigenvalue weighted by molar-refractivity contribution is -0.115. The van der Waals surface area contributed by atoms with Crippen molar-refractivity contribution >= 4 is 23.6 Å². The van der Waals surface area contributed by atoms with Crippen molar-refractivity contribution in [2.24, 2.45) is 5.92 Å². The molecular weight excluding hydrogens is 404 g/mol.